The molecule has 0 fully saturated rings. The lowest BCUT2D eigenvalue weighted by molar-refractivity contribution is -0.148. The lowest BCUT2D eigenvalue weighted by atomic mass is 10.2. The molecular formula is C11H15NO2S. The standard InChI is InChI=1S/C11H15NO2S/c1-8-12-7-9(15-8)5-6-10(13)14-11(2,3)4/h5-7H,1-4H3/b6-5+. The van der Waals surface area contributed by atoms with E-state index >= 15 is 0 Å². The second-order valence-electron chi connectivity index (χ2n) is 4.15. The number of aryl methyl sites for hydroxylation is 1. The van der Waals surface area contributed by atoms with Crippen molar-refractivity contribution in [1.29, 1.82) is 0 Å². The molecule has 15 heavy (non-hydrogen) atoms. The predicted octanol–water partition coefficient (Wildman–Crippen LogP) is 2.81. The Morgan fingerprint density at radius 2 is 2.20 bits per heavy atom. The monoisotopic (exact) mass is 225 g/mol. The molecule has 1 aromatic rings. The summed E-state index contributed by atoms with van der Waals surface area (Å²) in [6.45, 7) is 7.45. The molecule has 1 aromatic heterocycles. The molecule has 4 heteroatoms. The van der Waals surface area contributed by atoms with Crippen LogP contribution in [0.15, 0.2) is 12.3 Å². The predicted molar refractivity (Wildman–Crippen MR) is 61.7 cm³/mol. The zero-order chi connectivity index (χ0) is 11.5. The number of esters is 1. The number of nitrogens with zero attached hydrogens (tertiary/aromatic N) is 1. The molecule has 0 amide bonds. The molecule has 3 nitrogen and oxygen atoms in total. The summed E-state index contributed by atoms with van der Waals surface area (Å²) in [5, 5.41) is 0.985. The SMILES string of the molecule is Cc1ncc(/C=C/C(=O)OC(C)(C)C)s1. The second kappa shape index (κ2) is 4.57. The first-order chi connectivity index (χ1) is 6.87. The first-order valence-electron chi connectivity index (χ1n) is 4.70. The highest BCUT2D eigenvalue weighted by Gasteiger charge is 2.13. The number of rotatable bonds is 2. The zero-order valence-electron chi connectivity index (χ0n) is 9.40. The van der Waals surface area contributed by atoms with Crippen LogP contribution in [0.25, 0.3) is 6.08 Å². The van der Waals surface area contributed by atoms with Gasteiger partial charge in [0.1, 0.15) is 5.60 Å². The highest BCUT2D eigenvalue weighted by atomic mass is 32.1. The van der Waals surface area contributed by atoms with Crippen LogP contribution in [0, 0.1) is 6.92 Å². The fraction of sp³-hybridized carbons (Fsp3) is 0.455. The Labute approximate surface area is 93.8 Å². The smallest absolute Gasteiger partial charge is 0.331 e. The Bertz CT molecular complexity index is 374. The molecule has 0 N–H and O–H groups in total. The van der Waals surface area contributed by atoms with Gasteiger partial charge in [-0.2, -0.15) is 0 Å². The van der Waals surface area contributed by atoms with Crippen molar-refractivity contribution in [3.05, 3.63) is 22.2 Å². The van der Waals surface area contributed by atoms with Crippen LogP contribution in [-0.2, 0) is 9.53 Å². The number of thiazole rings is 1. The highest BCUT2D eigenvalue weighted by Crippen LogP contribution is 2.14. The van der Waals surface area contributed by atoms with E-state index in [1.54, 1.807) is 23.6 Å². The van der Waals surface area contributed by atoms with E-state index in [1.165, 1.54) is 6.08 Å². The first-order valence-corrected chi connectivity index (χ1v) is 5.52. The van der Waals surface area contributed by atoms with Gasteiger partial charge in [0.15, 0.2) is 0 Å². The molecule has 0 atom stereocenters. The van der Waals surface area contributed by atoms with Crippen LogP contribution in [0.2, 0.25) is 0 Å². The van der Waals surface area contributed by atoms with Crippen molar-refractivity contribution < 1.29 is 9.53 Å². The van der Waals surface area contributed by atoms with Crippen molar-refractivity contribution in [2.45, 2.75) is 33.3 Å². The molecule has 0 spiro atoms. The van der Waals surface area contributed by atoms with E-state index in [-0.39, 0.29) is 5.97 Å². The minimum absolute atomic E-state index is 0.325. The molecule has 0 aliphatic carbocycles. The van der Waals surface area contributed by atoms with Crippen molar-refractivity contribution in [1.82, 2.24) is 4.98 Å². The van der Waals surface area contributed by atoms with Crippen LogP contribution >= 0.6 is 11.3 Å². The third-order valence-electron chi connectivity index (χ3n) is 1.43. The van der Waals surface area contributed by atoms with Crippen LogP contribution in [0.4, 0.5) is 0 Å². The van der Waals surface area contributed by atoms with E-state index in [2.05, 4.69) is 4.98 Å². The molecule has 0 aromatic carbocycles. The van der Waals surface area contributed by atoms with Gasteiger partial charge in [0, 0.05) is 17.2 Å². The molecule has 0 saturated heterocycles. The molecule has 1 rings (SSSR count). The molecule has 0 saturated carbocycles. The fourth-order valence-electron chi connectivity index (χ4n) is 0.941. The van der Waals surface area contributed by atoms with Gasteiger partial charge in [-0.05, 0) is 33.8 Å². The van der Waals surface area contributed by atoms with Crippen molar-refractivity contribution in [2.75, 3.05) is 0 Å². The minimum atomic E-state index is -0.439. The zero-order valence-corrected chi connectivity index (χ0v) is 10.2. The van der Waals surface area contributed by atoms with Gasteiger partial charge in [-0.25, -0.2) is 9.78 Å². The summed E-state index contributed by atoms with van der Waals surface area (Å²) in [6.07, 6.45) is 4.89. The lowest BCUT2D eigenvalue weighted by Crippen LogP contribution is -2.22. The summed E-state index contributed by atoms with van der Waals surface area (Å²) in [4.78, 5) is 16.4. The summed E-state index contributed by atoms with van der Waals surface area (Å²) < 4.78 is 5.12. The maximum absolute atomic E-state index is 11.3. The van der Waals surface area contributed by atoms with E-state index in [0.29, 0.717) is 0 Å². The van der Waals surface area contributed by atoms with Crippen LogP contribution < -0.4 is 0 Å². The Morgan fingerprint density at radius 3 is 2.67 bits per heavy atom. The van der Waals surface area contributed by atoms with Gasteiger partial charge in [-0.1, -0.05) is 0 Å². The summed E-state index contributed by atoms with van der Waals surface area (Å²) in [5.41, 5.74) is -0.439. The van der Waals surface area contributed by atoms with Gasteiger partial charge in [0.25, 0.3) is 0 Å². The van der Waals surface area contributed by atoms with Crippen LogP contribution in [-0.4, -0.2) is 16.6 Å². The quantitative estimate of drug-likeness (QED) is 0.574. The third-order valence-corrected chi connectivity index (χ3v) is 2.31. The van der Waals surface area contributed by atoms with Crippen molar-refractivity contribution in [3.63, 3.8) is 0 Å². The van der Waals surface area contributed by atoms with Crippen LogP contribution in [0.5, 0.6) is 0 Å². The summed E-state index contributed by atoms with van der Waals surface area (Å²) in [6, 6.07) is 0. The van der Waals surface area contributed by atoms with Crippen molar-refractivity contribution in [2.24, 2.45) is 0 Å². The number of hydrogen-bond acceptors (Lipinski definition) is 4. The van der Waals surface area contributed by atoms with Gasteiger partial charge in [-0.3, -0.25) is 0 Å². The largest absolute Gasteiger partial charge is 0.457 e. The third kappa shape index (κ3) is 4.74. The van der Waals surface area contributed by atoms with E-state index < -0.39 is 5.60 Å². The average molecular weight is 225 g/mol. The molecule has 0 bridgehead atoms. The maximum Gasteiger partial charge on any atom is 0.331 e. The molecule has 0 aliphatic rings. The van der Waals surface area contributed by atoms with E-state index in [9.17, 15) is 4.79 Å². The van der Waals surface area contributed by atoms with Gasteiger partial charge in [0.2, 0.25) is 0 Å². The Morgan fingerprint density at radius 1 is 1.53 bits per heavy atom. The summed E-state index contributed by atoms with van der Waals surface area (Å²) in [7, 11) is 0. The van der Waals surface area contributed by atoms with Crippen LogP contribution in [0.1, 0.15) is 30.7 Å². The summed E-state index contributed by atoms with van der Waals surface area (Å²) >= 11 is 1.54. The van der Waals surface area contributed by atoms with Crippen LogP contribution in [0.3, 0.4) is 0 Å². The number of carbonyl (C=O) groups excluding carboxylic acids is 1. The lowest BCUT2D eigenvalue weighted by Gasteiger charge is -2.17. The molecule has 0 radical (unpaired) electrons. The molecule has 82 valence electrons. The topological polar surface area (TPSA) is 39.2 Å². The molecule has 1 heterocycles. The van der Waals surface area contributed by atoms with Gasteiger partial charge in [0.05, 0.1) is 5.01 Å². The average Bonchev–Trinajstić information content (AvgIpc) is 2.45. The fourth-order valence-corrected chi connectivity index (χ4v) is 1.63. The number of hydrogen-bond donors (Lipinski definition) is 0. The first kappa shape index (κ1) is 11.9. The Balaban J connectivity index is 2.55. The molecule has 0 aliphatic heterocycles. The van der Waals surface area contributed by atoms with Gasteiger partial charge in [-0.15, -0.1) is 11.3 Å². The van der Waals surface area contributed by atoms with Crippen molar-refractivity contribution >= 4 is 23.4 Å². The molecule has 0 unspecified atom stereocenters. The normalized spacial score (nSPS) is 12.0. The van der Waals surface area contributed by atoms with Crippen molar-refractivity contribution in [3.8, 4) is 0 Å². The Kier molecular flexibility index (Phi) is 3.63. The minimum Gasteiger partial charge on any atom is -0.457 e. The molecular weight excluding hydrogens is 210 g/mol. The van der Waals surface area contributed by atoms with Gasteiger partial charge >= 0.3 is 5.97 Å². The van der Waals surface area contributed by atoms with E-state index in [0.717, 1.165) is 9.88 Å². The Hall–Kier alpha value is -1.16. The summed E-state index contributed by atoms with van der Waals surface area (Å²) in [5.74, 6) is -0.325. The number of aromatic nitrogens is 1. The number of carbonyl (C=O) groups is 1. The van der Waals surface area contributed by atoms with Gasteiger partial charge < -0.3 is 4.74 Å². The number of ether oxygens (including phenoxy) is 1. The maximum atomic E-state index is 11.3. The second-order valence-corrected chi connectivity index (χ2v) is 5.41. The van der Waals surface area contributed by atoms with E-state index in [4.69, 9.17) is 4.74 Å². The van der Waals surface area contributed by atoms with E-state index in [1.807, 2.05) is 27.7 Å². The highest BCUT2D eigenvalue weighted by molar-refractivity contribution is 7.12.